The molecule has 1 amide bonds. The molecule has 0 N–H and O–H groups in total. The SMILES string of the molecule is COc1c(OC(=O)CN(C)C)c2c(c(OC(=O)CN(C)C)c1OC)CCC(CC(=O)N1CCc3ccccc3CC1)CC2. The van der Waals surface area contributed by atoms with Gasteiger partial charge in [-0.2, -0.15) is 0 Å². The molecule has 0 saturated carbocycles. The van der Waals surface area contributed by atoms with E-state index in [0.717, 1.165) is 37.1 Å². The zero-order valence-corrected chi connectivity index (χ0v) is 26.4. The maximum absolute atomic E-state index is 13.5. The summed E-state index contributed by atoms with van der Waals surface area (Å²) in [4.78, 5) is 44.7. The summed E-state index contributed by atoms with van der Waals surface area (Å²) < 4.78 is 23.3. The second-order valence-electron chi connectivity index (χ2n) is 11.9. The first-order valence-electron chi connectivity index (χ1n) is 15.0. The lowest BCUT2D eigenvalue weighted by atomic mass is 9.95. The standard InChI is InChI=1S/C33H45N3O7/c1-34(2)20-28(38)42-30-25-13-11-22(19-27(37)36-17-15-23-9-7-8-10-24(23)16-18-36)12-14-26(25)31(33(41-6)32(30)40-5)43-29(39)21-35(3)4/h7-10,22H,11-21H2,1-6H3. The van der Waals surface area contributed by atoms with E-state index in [2.05, 4.69) is 24.3 Å². The molecule has 0 fully saturated rings. The number of amides is 1. The first-order chi connectivity index (χ1) is 20.6. The van der Waals surface area contributed by atoms with E-state index in [1.54, 1.807) is 38.0 Å². The lowest BCUT2D eigenvalue weighted by Crippen LogP contribution is -2.34. The molecule has 1 aliphatic carbocycles. The zero-order chi connectivity index (χ0) is 31.1. The van der Waals surface area contributed by atoms with Crippen LogP contribution in [0.2, 0.25) is 0 Å². The Morgan fingerprint density at radius 1 is 0.721 bits per heavy atom. The number of ether oxygens (including phenoxy) is 4. The van der Waals surface area contributed by atoms with Crippen LogP contribution in [0.25, 0.3) is 0 Å². The highest BCUT2D eigenvalue weighted by Gasteiger charge is 2.33. The van der Waals surface area contributed by atoms with Crippen molar-refractivity contribution in [1.82, 2.24) is 14.7 Å². The third-order valence-electron chi connectivity index (χ3n) is 8.10. The van der Waals surface area contributed by atoms with E-state index in [0.29, 0.717) is 32.1 Å². The van der Waals surface area contributed by atoms with Crippen molar-refractivity contribution in [2.75, 3.05) is 68.6 Å². The monoisotopic (exact) mass is 595 g/mol. The molecule has 0 saturated heterocycles. The van der Waals surface area contributed by atoms with Crippen molar-refractivity contribution in [3.63, 3.8) is 0 Å². The van der Waals surface area contributed by atoms with E-state index in [4.69, 9.17) is 18.9 Å². The molecule has 1 heterocycles. The van der Waals surface area contributed by atoms with Crippen LogP contribution in [0.5, 0.6) is 23.0 Å². The summed E-state index contributed by atoms with van der Waals surface area (Å²) in [5.41, 5.74) is 4.13. The second kappa shape index (κ2) is 14.7. The van der Waals surface area contributed by atoms with Crippen molar-refractivity contribution in [1.29, 1.82) is 0 Å². The minimum absolute atomic E-state index is 0.0800. The van der Waals surface area contributed by atoms with E-state index in [9.17, 15) is 14.4 Å². The largest absolute Gasteiger partial charge is 0.490 e. The molecule has 0 atom stereocenters. The summed E-state index contributed by atoms with van der Waals surface area (Å²) in [6.45, 7) is 1.59. The first-order valence-corrected chi connectivity index (χ1v) is 15.0. The number of hydrogen-bond donors (Lipinski definition) is 0. The van der Waals surface area contributed by atoms with Crippen LogP contribution in [0.4, 0.5) is 0 Å². The van der Waals surface area contributed by atoms with Crippen LogP contribution < -0.4 is 18.9 Å². The molecule has 10 heteroatoms. The molecule has 0 aromatic heterocycles. The molecule has 0 bridgehead atoms. The van der Waals surface area contributed by atoms with E-state index in [-0.39, 0.29) is 47.9 Å². The Labute approximate surface area is 254 Å². The Kier molecular flexibility index (Phi) is 11.0. The van der Waals surface area contributed by atoms with Crippen molar-refractivity contribution in [2.24, 2.45) is 5.92 Å². The maximum atomic E-state index is 13.5. The fourth-order valence-electron chi connectivity index (χ4n) is 6.02. The molecular formula is C33H45N3O7. The topological polar surface area (TPSA) is 97.8 Å². The van der Waals surface area contributed by atoms with Gasteiger partial charge in [0.1, 0.15) is 0 Å². The van der Waals surface area contributed by atoms with Crippen molar-refractivity contribution >= 4 is 17.8 Å². The molecule has 0 spiro atoms. The van der Waals surface area contributed by atoms with Crippen LogP contribution in [0.15, 0.2) is 24.3 Å². The predicted molar refractivity (Wildman–Crippen MR) is 163 cm³/mol. The third kappa shape index (κ3) is 8.06. The van der Waals surface area contributed by atoms with Crippen LogP contribution >= 0.6 is 0 Å². The van der Waals surface area contributed by atoms with E-state index >= 15 is 0 Å². The quantitative estimate of drug-likeness (QED) is 0.233. The van der Waals surface area contributed by atoms with Crippen LogP contribution in [-0.2, 0) is 40.1 Å². The summed E-state index contributed by atoms with van der Waals surface area (Å²) >= 11 is 0. The van der Waals surface area contributed by atoms with E-state index in [1.165, 1.54) is 25.3 Å². The molecule has 43 heavy (non-hydrogen) atoms. The van der Waals surface area contributed by atoms with Gasteiger partial charge in [-0.1, -0.05) is 24.3 Å². The molecule has 1 aliphatic heterocycles. The number of methoxy groups -OCH3 is 2. The normalized spacial score (nSPS) is 15.3. The minimum atomic E-state index is -0.442. The molecule has 0 radical (unpaired) electrons. The highest BCUT2D eigenvalue weighted by molar-refractivity contribution is 5.81. The molecule has 4 rings (SSSR count). The van der Waals surface area contributed by atoms with Gasteiger partial charge in [0.05, 0.1) is 27.3 Å². The van der Waals surface area contributed by atoms with E-state index in [1.807, 2.05) is 4.90 Å². The lowest BCUT2D eigenvalue weighted by molar-refractivity contribution is -0.136. The molecule has 0 unspecified atom stereocenters. The highest BCUT2D eigenvalue weighted by Crippen LogP contribution is 2.52. The molecule has 10 nitrogen and oxygen atoms in total. The van der Waals surface area contributed by atoms with Crippen LogP contribution in [0.1, 0.15) is 41.5 Å². The van der Waals surface area contributed by atoms with Gasteiger partial charge in [-0.3, -0.25) is 24.2 Å². The van der Waals surface area contributed by atoms with Crippen molar-refractivity contribution in [3.8, 4) is 23.0 Å². The van der Waals surface area contributed by atoms with Gasteiger partial charge >= 0.3 is 11.9 Å². The van der Waals surface area contributed by atoms with Gasteiger partial charge in [0.2, 0.25) is 17.4 Å². The van der Waals surface area contributed by atoms with Crippen LogP contribution in [0.3, 0.4) is 0 Å². The third-order valence-corrected chi connectivity index (χ3v) is 8.10. The minimum Gasteiger partial charge on any atom is -0.490 e. The van der Waals surface area contributed by atoms with Gasteiger partial charge in [-0.15, -0.1) is 0 Å². The van der Waals surface area contributed by atoms with Gasteiger partial charge in [-0.05, 0) is 83.8 Å². The van der Waals surface area contributed by atoms with Crippen LogP contribution in [-0.4, -0.2) is 101 Å². The molecule has 2 aromatic rings. The Hall–Kier alpha value is -3.63. The van der Waals surface area contributed by atoms with Gasteiger partial charge in [0, 0.05) is 30.6 Å². The Morgan fingerprint density at radius 2 is 1.16 bits per heavy atom. The summed E-state index contributed by atoms with van der Waals surface area (Å²) in [6.07, 6.45) is 4.65. The van der Waals surface area contributed by atoms with Gasteiger partial charge in [-0.25, -0.2) is 0 Å². The number of likely N-dealkylation sites (N-methyl/N-ethyl adjacent to an activating group) is 2. The molecule has 2 aromatic carbocycles. The Bertz CT molecular complexity index is 1230. The highest BCUT2D eigenvalue weighted by atomic mass is 16.6. The Morgan fingerprint density at radius 3 is 1.56 bits per heavy atom. The summed E-state index contributed by atoms with van der Waals surface area (Å²) in [5.74, 6) is 0.370. The van der Waals surface area contributed by atoms with Crippen molar-refractivity contribution < 1.29 is 33.3 Å². The zero-order valence-electron chi connectivity index (χ0n) is 26.4. The number of nitrogens with zero attached hydrogens (tertiary/aromatic N) is 3. The second-order valence-corrected chi connectivity index (χ2v) is 11.9. The number of carbonyl (C=O) groups is 3. The average Bonchev–Trinajstić information content (AvgIpc) is 3.30. The summed E-state index contributed by atoms with van der Waals surface area (Å²) in [6, 6.07) is 8.42. The first kappa shape index (κ1) is 32.3. The molecule has 2 aliphatic rings. The molecular weight excluding hydrogens is 550 g/mol. The van der Waals surface area contributed by atoms with Crippen molar-refractivity contribution in [3.05, 3.63) is 46.5 Å². The number of benzene rings is 2. The lowest BCUT2D eigenvalue weighted by Gasteiger charge is -2.23. The van der Waals surface area contributed by atoms with Gasteiger partial charge in [0.25, 0.3) is 0 Å². The summed E-state index contributed by atoms with van der Waals surface area (Å²) in [7, 11) is 10.1. The Balaban J connectivity index is 1.61. The fraction of sp³-hybridized carbons (Fsp3) is 0.545. The maximum Gasteiger partial charge on any atom is 0.325 e. The van der Waals surface area contributed by atoms with Gasteiger partial charge < -0.3 is 23.8 Å². The number of hydrogen-bond acceptors (Lipinski definition) is 9. The smallest absolute Gasteiger partial charge is 0.325 e. The number of rotatable bonds is 10. The van der Waals surface area contributed by atoms with Crippen LogP contribution in [0, 0.1) is 5.92 Å². The number of carbonyl (C=O) groups excluding carboxylic acids is 3. The fourth-order valence-corrected chi connectivity index (χ4v) is 6.02. The number of fused-ring (bicyclic) bond motifs is 2. The van der Waals surface area contributed by atoms with Gasteiger partial charge in [0.15, 0.2) is 11.5 Å². The summed E-state index contributed by atoms with van der Waals surface area (Å²) in [5, 5.41) is 0. The average molecular weight is 596 g/mol. The van der Waals surface area contributed by atoms with Crippen molar-refractivity contribution in [2.45, 2.75) is 44.9 Å². The molecule has 234 valence electrons. The predicted octanol–water partition coefficient (Wildman–Crippen LogP) is 3.15. The number of esters is 2. The van der Waals surface area contributed by atoms with E-state index < -0.39 is 11.9 Å².